The van der Waals surface area contributed by atoms with E-state index in [-0.39, 0.29) is 11.8 Å². The first-order chi connectivity index (χ1) is 16.9. The van der Waals surface area contributed by atoms with Gasteiger partial charge in [0.25, 0.3) is 0 Å². The van der Waals surface area contributed by atoms with Crippen LogP contribution < -0.4 is 10.2 Å². The van der Waals surface area contributed by atoms with Gasteiger partial charge in [-0.25, -0.2) is 15.0 Å². The van der Waals surface area contributed by atoms with Crippen molar-refractivity contribution in [2.24, 2.45) is 5.92 Å². The average Bonchev–Trinajstić information content (AvgIpc) is 3.51. The summed E-state index contributed by atoms with van der Waals surface area (Å²) in [6.45, 7) is 8.70. The van der Waals surface area contributed by atoms with Crippen molar-refractivity contribution in [2.75, 3.05) is 50.5 Å². The van der Waals surface area contributed by atoms with Crippen molar-refractivity contribution in [1.29, 1.82) is 0 Å². The highest BCUT2D eigenvalue weighted by Crippen LogP contribution is 2.47. The summed E-state index contributed by atoms with van der Waals surface area (Å²) in [7, 11) is 3.63. The molecule has 0 spiro atoms. The number of anilines is 3. The zero-order chi connectivity index (χ0) is 24.5. The fourth-order valence-corrected chi connectivity index (χ4v) is 5.71. The molecule has 1 saturated heterocycles. The smallest absolute Gasteiger partial charge is 0.249 e. The third kappa shape index (κ3) is 4.89. The summed E-state index contributed by atoms with van der Waals surface area (Å²) in [4.78, 5) is 33.6. The standard InChI is InChI=1S/C27H37N7O/c1-18(2)33-11-13-34(14-12-33)21-9-10-23(28-17-21)30-27-29-16-20-15-22(26(35)32(3)4)24(25(20)31-27)19-7-5-6-8-19/h9-10,15-19,24H,5-8,11-14H2,1-4H3,(H,28,29,30,31). The molecule has 186 valence electrons. The normalized spacial score (nSPS) is 20.8. The van der Waals surface area contributed by atoms with Crippen LogP contribution in [0.5, 0.6) is 0 Å². The highest BCUT2D eigenvalue weighted by atomic mass is 16.2. The van der Waals surface area contributed by atoms with Crippen LogP contribution in [-0.4, -0.2) is 77.0 Å². The van der Waals surface area contributed by atoms with E-state index in [1.165, 1.54) is 12.8 Å². The largest absolute Gasteiger partial charge is 0.368 e. The number of aromatic nitrogens is 3. The highest BCUT2D eigenvalue weighted by molar-refractivity contribution is 6.01. The first-order valence-corrected chi connectivity index (χ1v) is 12.9. The Morgan fingerprint density at radius 2 is 1.80 bits per heavy atom. The zero-order valence-corrected chi connectivity index (χ0v) is 21.4. The minimum Gasteiger partial charge on any atom is -0.368 e. The summed E-state index contributed by atoms with van der Waals surface area (Å²) in [6.07, 6.45) is 10.5. The number of carbonyl (C=O) groups is 1. The van der Waals surface area contributed by atoms with E-state index in [0.717, 1.165) is 67.4 Å². The second-order valence-corrected chi connectivity index (χ2v) is 10.5. The molecule has 1 N–H and O–H groups in total. The van der Waals surface area contributed by atoms with Gasteiger partial charge in [-0.2, -0.15) is 0 Å². The highest BCUT2D eigenvalue weighted by Gasteiger charge is 2.39. The van der Waals surface area contributed by atoms with Crippen LogP contribution in [0.25, 0.3) is 6.08 Å². The van der Waals surface area contributed by atoms with Gasteiger partial charge in [0.15, 0.2) is 0 Å². The summed E-state index contributed by atoms with van der Waals surface area (Å²) < 4.78 is 0. The fraction of sp³-hybridized carbons (Fsp3) is 0.556. The van der Waals surface area contributed by atoms with E-state index < -0.39 is 0 Å². The molecule has 2 fully saturated rings. The number of likely N-dealkylation sites (N-methyl/N-ethyl adjacent to an activating group) is 1. The van der Waals surface area contributed by atoms with E-state index in [2.05, 4.69) is 45.0 Å². The van der Waals surface area contributed by atoms with Gasteiger partial charge in [0.05, 0.1) is 17.6 Å². The lowest BCUT2D eigenvalue weighted by Gasteiger charge is -2.38. The first-order valence-electron chi connectivity index (χ1n) is 12.9. The van der Waals surface area contributed by atoms with Crippen LogP contribution >= 0.6 is 0 Å². The molecular formula is C27H37N7O. The minimum atomic E-state index is 0.0470. The molecular weight excluding hydrogens is 438 g/mol. The van der Waals surface area contributed by atoms with Crippen LogP contribution in [0.2, 0.25) is 0 Å². The van der Waals surface area contributed by atoms with Crippen molar-refractivity contribution in [1.82, 2.24) is 24.8 Å². The van der Waals surface area contributed by atoms with Crippen molar-refractivity contribution in [3.05, 3.63) is 41.4 Å². The number of hydrogen-bond donors (Lipinski definition) is 1. The predicted octanol–water partition coefficient (Wildman–Crippen LogP) is 3.90. The third-order valence-corrected chi connectivity index (χ3v) is 7.71. The van der Waals surface area contributed by atoms with Gasteiger partial charge >= 0.3 is 0 Å². The lowest BCUT2D eigenvalue weighted by atomic mass is 9.84. The van der Waals surface area contributed by atoms with E-state index in [0.29, 0.717) is 17.9 Å². The van der Waals surface area contributed by atoms with E-state index in [4.69, 9.17) is 4.98 Å². The molecule has 0 bridgehead atoms. The van der Waals surface area contributed by atoms with Crippen molar-refractivity contribution in [3.63, 3.8) is 0 Å². The number of rotatable bonds is 6. The molecule has 35 heavy (non-hydrogen) atoms. The van der Waals surface area contributed by atoms with Crippen LogP contribution in [0.15, 0.2) is 30.1 Å². The van der Waals surface area contributed by atoms with Gasteiger partial charge in [-0.05, 0) is 50.8 Å². The molecule has 0 radical (unpaired) electrons. The Balaban J connectivity index is 1.30. The van der Waals surface area contributed by atoms with Gasteiger partial charge in [0, 0.05) is 69.6 Å². The van der Waals surface area contributed by atoms with Crippen LogP contribution in [0, 0.1) is 5.92 Å². The van der Waals surface area contributed by atoms with Gasteiger partial charge in [0.2, 0.25) is 11.9 Å². The number of pyridine rings is 1. The van der Waals surface area contributed by atoms with Gasteiger partial charge < -0.3 is 15.1 Å². The molecule has 1 amide bonds. The number of amides is 1. The predicted molar refractivity (Wildman–Crippen MR) is 140 cm³/mol. The average molecular weight is 476 g/mol. The topological polar surface area (TPSA) is 77.5 Å². The van der Waals surface area contributed by atoms with Crippen molar-refractivity contribution < 1.29 is 4.79 Å². The quantitative estimate of drug-likeness (QED) is 0.679. The number of nitrogens with one attached hydrogen (secondary N) is 1. The molecule has 1 aliphatic heterocycles. The van der Waals surface area contributed by atoms with Gasteiger partial charge in [-0.3, -0.25) is 9.69 Å². The van der Waals surface area contributed by atoms with Crippen molar-refractivity contribution >= 4 is 29.4 Å². The zero-order valence-electron chi connectivity index (χ0n) is 21.4. The number of carbonyl (C=O) groups excluding carboxylic acids is 1. The van der Waals surface area contributed by atoms with E-state index in [1.807, 2.05) is 38.6 Å². The number of hydrogen-bond acceptors (Lipinski definition) is 7. The molecule has 1 unspecified atom stereocenters. The lowest BCUT2D eigenvalue weighted by Crippen LogP contribution is -2.48. The Kier molecular flexibility index (Phi) is 6.73. The summed E-state index contributed by atoms with van der Waals surface area (Å²) in [5.74, 6) is 1.83. The molecule has 3 heterocycles. The monoisotopic (exact) mass is 475 g/mol. The van der Waals surface area contributed by atoms with Gasteiger partial charge in [0.1, 0.15) is 5.82 Å². The molecule has 3 aliphatic rings. The summed E-state index contributed by atoms with van der Waals surface area (Å²) in [6, 6.07) is 4.70. The molecule has 2 aromatic rings. The number of piperazine rings is 1. The summed E-state index contributed by atoms with van der Waals surface area (Å²) in [5, 5.41) is 3.29. The number of fused-ring (bicyclic) bond motifs is 1. The van der Waals surface area contributed by atoms with Crippen LogP contribution in [-0.2, 0) is 4.79 Å². The lowest BCUT2D eigenvalue weighted by molar-refractivity contribution is -0.125. The van der Waals surface area contributed by atoms with Crippen LogP contribution in [0.3, 0.4) is 0 Å². The number of nitrogens with zero attached hydrogens (tertiary/aromatic N) is 6. The first kappa shape index (κ1) is 23.7. The molecule has 1 saturated carbocycles. The maximum absolute atomic E-state index is 12.9. The third-order valence-electron chi connectivity index (χ3n) is 7.71. The Hall–Kier alpha value is -3.00. The molecule has 1 atom stereocenters. The second kappa shape index (κ2) is 9.93. The maximum atomic E-state index is 12.9. The summed E-state index contributed by atoms with van der Waals surface area (Å²) in [5.41, 5.74) is 3.93. The Morgan fingerprint density at radius 1 is 1.06 bits per heavy atom. The Morgan fingerprint density at radius 3 is 2.43 bits per heavy atom. The van der Waals surface area contributed by atoms with Crippen LogP contribution in [0.4, 0.5) is 17.5 Å². The molecule has 2 aliphatic carbocycles. The molecule has 0 aromatic carbocycles. The summed E-state index contributed by atoms with van der Waals surface area (Å²) >= 11 is 0. The van der Waals surface area contributed by atoms with E-state index in [1.54, 1.807) is 4.90 Å². The van der Waals surface area contributed by atoms with E-state index >= 15 is 0 Å². The minimum absolute atomic E-state index is 0.0470. The Bertz CT molecular complexity index is 1080. The molecule has 2 aromatic heterocycles. The maximum Gasteiger partial charge on any atom is 0.249 e. The fourth-order valence-electron chi connectivity index (χ4n) is 5.71. The molecule has 8 heteroatoms. The second-order valence-electron chi connectivity index (χ2n) is 10.5. The van der Waals surface area contributed by atoms with Crippen LogP contribution in [0.1, 0.15) is 56.7 Å². The van der Waals surface area contributed by atoms with Gasteiger partial charge in [-0.15, -0.1) is 0 Å². The van der Waals surface area contributed by atoms with Gasteiger partial charge in [-0.1, -0.05) is 12.8 Å². The molecule has 5 rings (SSSR count). The van der Waals surface area contributed by atoms with E-state index in [9.17, 15) is 4.79 Å². The van der Waals surface area contributed by atoms with Crippen molar-refractivity contribution in [3.8, 4) is 0 Å². The SMILES string of the molecule is CC(C)N1CCN(c2ccc(Nc3ncc4c(n3)C(C3CCCC3)C(C(=O)N(C)C)=C4)nc2)CC1. The Labute approximate surface area is 208 Å². The van der Waals surface area contributed by atoms with Crippen molar-refractivity contribution in [2.45, 2.75) is 51.5 Å². The molecule has 8 nitrogen and oxygen atoms in total.